The van der Waals surface area contributed by atoms with Crippen molar-refractivity contribution in [2.24, 2.45) is 0 Å². The van der Waals surface area contributed by atoms with Crippen LogP contribution in [0.25, 0.3) is 11.4 Å². The highest BCUT2D eigenvalue weighted by Crippen LogP contribution is 2.41. The van der Waals surface area contributed by atoms with Crippen LogP contribution < -0.4 is 10.6 Å². The monoisotopic (exact) mass is 548 g/mol. The second-order valence-electron chi connectivity index (χ2n) is 8.94. The zero-order chi connectivity index (χ0) is 28.0. The van der Waals surface area contributed by atoms with E-state index < -0.39 is 64.4 Å². The zero-order valence-corrected chi connectivity index (χ0v) is 20.8. The van der Waals surface area contributed by atoms with Crippen LogP contribution in [0.3, 0.4) is 0 Å². The summed E-state index contributed by atoms with van der Waals surface area (Å²) in [6.45, 7) is 3.17. The molecule has 12 heteroatoms. The molecule has 3 aliphatic rings. The van der Waals surface area contributed by atoms with Gasteiger partial charge in [0.05, 0.1) is 18.8 Å². The largest absolute Gasteiger partial charge is 0.462 e. The van der Waals surface area contributed by atoms with Gasteiger partial charge in [0, 0.05) is 5.56 Å². The Morgan fingerprint density at radius 2 is 1.23 bits per heavy atom. The number of benzene rings is 2. The van der Waals surface area contributed by atoms with Crippen molar-refractivity contribution in [2.45, 2.75) is 38.8 Å². The number of halogens is 5. The Labute approximate surface area is 219 Å². The van der Waals surface area contributed by atoms with Crippen LogP contribution in [-0.4, -0.2) is 47.8 Å². The summed E-state index contributed by atoms with van der Waals surface area (Å²) < 4.78 is 84.4. The smallest absolute Gasteiger partial charge is 0.356 e. The van der Waals surface area contributed by atoms with Gasteiger partial charge < -0.3 is 9.47 Å². The third kappa shape index (κ3) is 4.14. The van der Waals surface area contributed by atoms with Crippen molar-refractivity contribution in [3.8, 4) is 0 Å². The Balaban J connectivity index is 1.71. The predicted molar refractivity (Wildman–Crippen MR) is 128 cm³/mol. The number of ether oxygens (including phenoxy) is 2. The predicted octanol–water partition coefficient (Wildman–Crippen LogP) is 3.74. The topological polar surface area (TPSA) is 79.7 Å². The minimum absolute atomic E-state index is 0.0985. The molecule has 39 heavy (non-hydrogen) atoms. The van der Waals surface area contributed by atoms with E-state index in [-0.39, 0.29) is 36.7 Å². The average molecular weight is 548 g/mol. The highest BCUT2D eigenvalue weighted by molar-refractivity contribution is 6.08. The Morgan fingerprint density at radius 1 is 0.769 bits per heavy atom. The SMILES string of the molecule is CCOC(=O)C1=C(c2ccccc2)NC2=[N+]3[C@@H]1CC[C@@H]3C(C(=O)OCC)=C(c1c(F)c(F)c(F)c(F)c1F)N2. The van der Waals surface area contributed by atoms with E-state index >= 15 is 8.78 Å². The van der Waals surface area contributed by atoms with Crippen molar-refractivity contribution in [1.82, 2.24) is 10.6 Å². The summed E-state index contributed by atoms with van der Waals surface area (Å²) in [6, 6.07) is 7.19. The van der Waals surface area contributed by atoms with Gasteiger partial charge in [-0.2, -0.15) is 0 Å². The second kappa shape index (κ2) is 10.2. The maximum atomic E-state index is 15.0. The molecule has 2 aromatic rings. The van der Waals surface area contributed by atoms with E-state index in [0.29, 0.717) is 17.7 Å². The van der Waals surface area contributed by atoms with Crippen molar-refractivity contribution in [3.05, 3.63) is 81.7 Å². The van der Waals surface area contributed by atoms with E-state index in [9.17, 15) is 22.8 Å². The molecule has 2 N–H and O–H groups in total. The summed E-state index contributed by atoms with van der Waals surface area (Å²) in [5.74, 6) is -12.3. The summed E-state index contributed by atoms with van der Waals surface area (Å²) >= 11 is 0. The van der Waals surface area contributed by atoms with Gasteiger partial charge in [-0.1, -0.05) is 30.3 Å². The molecule has 0 unspecified atom stereocenters. The fraction of sp³-hybridized carbons (Fsp3) is 0.296. The lowest BCUT2D eigenvalue weighted by Crippen LogP contribution is -2.56. The molecule has 0 radical (unpaired) electrons. The first-order chi connectivity index (χ1) is 18.7. The first-order valence-electron chi connectivity index (χ1n) is 12.3. The van der Waals surface area contributed by atoms with Crippen molar-refractivity contribution in [2.75, 3.05) is 13.2 Å². The molecule has 3 aliphatic heterocycles. The Morgan fingerprint density at radius 3 is 1.74 bits per heavy atom. The van der Waals surface area contributed by atoms with Crippen molar-refractivity contribution in [1.29, 1.82) is 0 Å². The molecule has 7 nitrogen and oxygen atoms in total. The zero-order valence-electron chi connectivity index (χ0n) is 20.8. The van der Waals surface area contributed by atoms with E-state index in [1.54, 1.807) is 41.8 Å². The van der Waals surface area contributed by atoms with Gasteiger partial charge >= 0.3 is 17.9 Å². The number of esters is 2. The van der Waals surface area contributed by atoms with Crippen LogP contribution in [0.15, 0.2) is 41.5 Å². The van der Waals surface area contributed by atoms with Crippen LogP contribution in [0.1, 0.15) is 37.8 Å². The molecule has 1 saturated heterocycles. The molecule has 2 atom stereocenters. The number of hydrogen-bond acceptors (Lipinski definition) is 6. The Bertz CT molecular complexity index is 1460. The lowest BCUT2D eigenvalue weighted by Gasteiger charge is -2.32. The number of nitrogens with zero attached hydrogens (tertiary/aromatic N) is 1. The number of guanidine groups is 1. The second-order valence-corrected chi connectivity index (χ2v) is 8.94. The van der Waals surface area contributed by atoms with E-state index in [1.165, 1.54) is 6.92 Å². The summed E-state index contributed by atoms with van der Waals surface area (Å²) in [5, 5.41) is 5.75. The van der Waals surface area contributed by atoms with Gasteiger partial charge in [-0.25, -0.2) is 46.8 Å². The fourth-order valence-electron chi connectivity index (χ4n) is 5.30. The van der Waals surface area contributed by atoms with Crippen molar-refractivity contribution < 1.29 is 45.6 Å². The van der Waals surface area contributed by atoms with Crippen LogP contribution in [0.2, 0.25) is 0 Å². The van der Waals surface area contributed by atoms with Gasteiger partial charge in [-0.3, -0.25) is 0 Å². The lowest BCUT2D eigenvalue weighted by molar-refractivity contribution is -0.566. The molecule has 0 aliphatic carbocycles. The molecule has 1 fully saturated rings. The molecule has 5 rings (SSSR count). The Kier molecular flexibility index (Phi) is 6.87. The van der Waals surface area contributed by atoms with Gasteiger partial charge in [0.2, 0.25) is 5.82 Å². The van der Waals surface area contributed by atoms with Gasteiger partial charge in [-0.15, -0.1) is 0 Å². The van der Waals surface area contributed by atoms with E-state index in [4.69, 9.17) is 9.47 Å². The summed E-state index contributed by atoms with van der Waals surface area (Å²) in [6.07, 6.45) is 0.519. The number of nitrogens with one attached hydrogen (secondary N) is 2. The van der Waals surface area contributed by atoms with Crippen LogP contribution in [0.4, 0.5) is 22.0 Å². The number of carbonyl (C=O) groups is 2. The van der Waals surface area contributed by atoms with E-state index in [0.717, 1.165) is 0 Å². The highest BCUT2D eigenvalue weighted by atomic mass is 19.2. The third-order valence-electron chi connectivity index (χ3n) is 6.85. The van der Waals surface area contributed by atoms with E-state index in [1.807, 2.05) is 0 Å². The fourth-order valence-corrected chi connectivity index (χ4v) is 5.30. The molecule has 0 aromatic heterocycles. The quantitative estimate of drug-likeness (QED) is 0.188. The Hall–Kier alpha value is -4.22. The molecule has 3 heterocycles. The van der Waals surface area contributed by atoms with Crippen molar-refractivity contribution in [3.63, 3.8) is 0 Å². The number of rotatable bonds is 6. The molecular formula is C27H23F5N3O4+. The minimum atomic E-state index is -2.32. The van der Waals surface area contributed by atoms with Gasteiger partial charge in [0.1, 0.15) is 34.6 Å². The molecule has 0 bridgehead atoms. The normalized spacial score (nSPS) is 20.0. The van der Waals surface area contributed by atoms with Gasteiger partial charge in [0.15, 0.2) is 23.3 Å². The summed E-state index contributed by atoms with van der Waals surface area (Å²) in [7, 11) is 0. The molecular weight excluding hydrogens is 525 g/mol. The molecule has 0 spiro atoms. The summed E-state index contributed by atoms with van der Waals surface area (Å²) in [5.41, 5.74) is -1.00. The summed E-state index contributed by atoms with van der Waals surface area (Å²) in [4.78, 5) is 26.3. The van der Waals surface area contributed by atoms with Gasteiger partial charge in [-0.05, 0) is 26.7 Å². The average Bonchev–Trinajstić information content (AvgIpc) is 3.37. The van der Waals surface area contributed by atoms with Crippen LogP contribution in [-0.2, 0) is 19.1 Å². The molecule has 204 valence electrons. The standard InChI is InChI=1S/C27H22F5N3O4/c1-3-38-25(36)15-13-10-11-14-16(26(37)39-4-2)24(17-18(28)20(30)22(32)21(31)19(17)29)34-27(35(13)14)33-23(15)12-8-6-5-7-9-12/h5-9,13-14H,3-4,10-11H2,1-2H3,(H,33,34,36,37)/p+1/t13-,14-/m1/s1. The van der Waals surface area contributed by atoms with Crippen molar-refractivity contribution >= 4 is 29.3 Å². The first-order valence-corrected chi connectivity index (χ1v) is 12.3. The number of hydrogen-bond donors (Lipinski definition) is 2. The maximum absolute atomic E-state index is 15.0. The van der Waals surface area contributed by atoms with Crippen LogP contribution in [0, 0.1) is 29.1 Å². The van der Waals surface area contributed by atoms with E-state index in [2.05, 4.69) is 10.6 Å². The molecule has 0 saturated carbocycles. The number of carbonyl (C=O) groups excluding carboxylic acids is 2. The first kappa shape index (κ1) is 26.4. The van der Waals surface area contributed by atoms with Crippen LogP contribution >= 0.6 is 0 Å². The molecule has 0 amide bonds. The highest BCUT2D eigenvalue weighted by Gasteiger charge is 2.52. The maximum Gasteiger partial charge on any atom is 0.356 e. The molecule has 2 aromatic carbocycles. The van der Waals surface area contributed by atoms with Gasteiger partial charge in [0.25, 0.3) is 0 Å². The lowest BCUT2D eigenvalue weighted by atomic mass is 9.95. The van der Waals surface area contributed by atoms with Crippen LogP contribution in [0.5, 0.6) is 0 Å². The minimum Gasteiger partial charge on any atom is -0.462 e. The third-order valence-corrected chi connectivity index (χ3v) is 6.85.